The van der Waals surface area contributed by atoms with Crippen molar-refractivity contribution in [1.29, 1.82) is 0 Å². The van der Waals surface area contributed by atoms with E-state index in [1.54, 1.807) is 37.4 Å². The summed E-state index contributed by atoms with van der Waals surface area (Å²) in [5, 5.41) is 20.8. The molecule has 1 saturated heterocycles. The number of fused-ring (bicyclic) bond motifs is 1. The number of amidine groups is 1. The van der Waals surface area contributed by atoms with Crippen LogP contribution in [0.2, 0.25) is 0 Å². The molecule has 7 nitrogen and oxygen atoms in total. The van der Waals surface area contributed by atoms with Crippen LogP contribution in [0.25, 0.3) is 0 Å². The minimum absolute atomic E-state index is 0.0939. The molecule has 2 N–H and O–H groups in total. The summed E-state index contributed by atoms with van der Waals surface area (Å²) in [5.41, 5.74) is 2.08. The number of hydrogen-bond acceptors (Lipinski definition) is 8. The number of anilines is 2. The Bertz CT molecular complexity index is 1320. The highest BCUT2D eigenvalue weighted by Gasteiger charge is 2.40. The van der Waals surface area contributed by atoms with E-state index in [0.29, 0.717) is 21.4 Å². The highest BCUT2D eigenvalue weighted by atomic mass is 32.2. The Morgan fingerprint density at radius 3 is 2.45 bits per heavy atom. The number of carbonyl (C=O) groups excluding carboxylic acids is 1. The number of rotatable bonds is 3. The second kappa shape index (κ2) is 8.42. The summed E-state index contributed by atoms with van der Waals surface area (Å²) in [6.07, 6.45) is 0. The van der Waals surface area contributed by atoms with Crippen LogP contribution in [-0.2, 0) is 4.79 Å². The largest absolute Gasteiger partial charge is 0.508 e. The Labute approximate surface area is 199 Å². The molecule has 0 aliphatic carbocycles. The van der Waals surface area contributed by atoms with Crippen LogP contribution in [0.4, 0.5) is 17.1 Å². The van der Waals surface area contributed by atoms with E-state index in [1.807, 2.05) is 30.1 Å². The molecular formula is C24H19N3O4S2. The molecule has 2 aliphatic rings. The number of benzene rings is 3. The van der Waals surface area contributed by atoms with E-state index in [1.165, 1.54) is 46.6 Å². The Kier molecular flexibility index (Phi) is 5.43. The van der Waals surface area contributed by atoms with Gasteiger partial charge in [-0.1, -0.05) is 17.8 Å². The number of thioether (sulfide) groups is 2. The fraction of sp³-hybridized carbons (Fsp3) is 0.0833. The van der Waals surface area contributed by atoms with Gasteiger partial charge in [-0.15, -0.1) is 0 Å². The molecule has 0 atom stereocenters. The van der Waals surface area contributed by atoms with Crippen molar-refractivity contribution >= 4 is 51.7 Å². The van der Waals surface area contributed by atoms with Crippen molar-refractivity contribution in [2.24, 2.45) is 4.99 Å². The van der Waals surface area contributed by atoms with Crippen molar-refractivity contribution in [2.45, 2.75) is 4.90 Å². The van der Waals surface area contributed by atoms with Crippen LogP contribution in [0.15, 0.2) is 86.6 Å². The second-order valence-electron chi connectivity index (χ2n) is 7.30. The van der Waals surface area contributed by atoms with Gasteiger partial charge in [-0.25, -0.2) is 4.99 Å². The molecule has 0 saturated carbocycles. The van der Waals surface area contributed by atoms with Crippen molar-refractivity contribution in [2.75, 3.05) is 24.0 Å². The number of nitrogens with zero attached hydrogens (tertiary/aromatic N) is 3. The predicted octanol–water partition coefficient (Wildman–Crippen LogP) is 5.29. The van der Waals surface area contributed by atoms with Crippen LogP contribution in [-0.4, -0.2) is 35.4 Å². The molecule has 3 aromatic rings. The van der Waals surface area contributed by atoms with E-state index in [9.17, 15) is 15.0 Å². The molecule has 0 unspecified atom stereocenters. The molecule has 166 valence electrons. The van der Waals surface area contributed by atoms with E-state index >= 15 is 0 Å². The minimum atomic E-state index is -0.210. The van der Waals surface area contributed by atoms with Gasteiger partial charge in [0.25, 0.3) is 5.91 Å². The lowest BCUT2D eigenvalue weighted by atomic mass is 10.2. The first-order chi connectivity index (χ1) is 15.9. The van der Waals surface area contributed by atoms with Crippen molar-refractivity contribution in [3.8, 4) is 17.2 Å². The number of amides is 1. The minimum Gasteiger partial charge on any atom is -0.508 e. The number of aromatic hydroxyl groups is 2. The maximum atomic E-state index is 13.7. The molecular weight excluding hydrogens is 458 g/mol. The van der Waals surface area contributed by atoms with Crippen molar-refractivity contribution in [3.63, 3.8) is 0 Å². The van der Waals surface area contributed by atoms with Gasteiger partial charge in [0, 0.05) is 24.1 Å². The number of methoxy groups -OCH3 is 1. The topological polar surface area (TPSA) is 85.6 Å². The van der Waals surface area contributed by atoms with Gasteiger partial charge in [-0.3, -0.25) is 9.69 Å². The van der Waals surface area contributed by atoms with E-state index in [-0.39, 0.29) is 17.4 Å². The van der Waals surface area contributed by atoms with Gasteiger partial charge >= 0.3 is 0 Å². The van der Waals surface area contributed by atoms with Gasteiger partial charge in [0.05, 0.1) is 29.2 Å². The first-order valence-electron chi connectivity index (χ1n) is 9.97. The summed E-state index contributed by atoms with van der Waals surface area (Å²) >= 11 is 2.80. The normalized spacial score (nSPS) is 18.8. The van der Waals surface area contributed by atoms with E-state index in [2.05, 4.69) is 4.99 Å². The zero-order chi connectivity index (χ0) is 23.1. The number of carbonyl (C=O) groups is 1. The van der Waals surface area contributed by atoms with Gasteiger partial charge in [-0.2, -0.15) is 0 Å². The predicted molar refractivity (Wildman–Crippen MR) is 133 cm³/mol. The number of phenolic OH excluding ortho intramolecular Hbond substituents is 2. The van der Waals surface area contributed by atoms with E-state index in [0.717, 1.165) is 21.4 Å². The third kappa shape index (κ3) is 3.90. The van der Waals surface area contributed by atoms with Crippen molar-refractivity contribution in [1.82, 2.24) is 0 Å². The average Bonchev–Trinajstić information content (AvgIpc) is 3.30. The zero-order valence-corrected chi connectivity index (χ0v) is 19.4. The summed E-state index contributed by atoms with van der Waals surface area (Å²) in [6, 6.07) is 18.8. The lowest BCUT2D eigenvalue weighted by molar-refractivity contribution is -0.113. The molecule has 2 aliphatic heterocycles. The summed E-state index contributed by atoms with van der Waals surface area (Å²) in [5.74, 6) is 0.739. The Hall–Kier alpha value is -3.56. The van der Waals surface area contributed by atoms with Crippen LogP contribution < -0.4 is 14.5 Å². The molecule has 0 bridgehead atoms. The van der Waals surface area contributed by atoms with Gasteiger partial charge in [0.1, 0.15) is 22.2 Å². The van der Waals surface area contributed by atoms with Crippen LogP contribution in [0, 0.1) is 0 Å². The molecule has 1 fully saturated rings. The number of hydrogen-bond donors (Lipinski definition) is 2. The summed E-state index contributed by atoms with van der Waals surface area (Å²) < 4.78 is 5.35. The molecule has 5 rings (SSSR count). The van der Waals surface area contributed by atoms with E-state index in [4.69, 9.17) is 4.74 Å². The lowest BCUT2D eigenvalue weighted by Crippen LogP contribution is -2.29. The molecule has 0 aromatic heterocycles. The smallest absolute Gasteiger partial charge is 0.274 e. The molecule has 1 amide bonds. The first-order valence-corrected chi connectivity index (χ1v) is 11.6. The monoisotopic (exact) mass is 477 g/mol. The number of phenols is 2. The molecule has 3 aromatic carbocycles. The maximum Gasteiger partial charge on any atom is 0.274 e. The highest BCUT2D eigenvalue weighted by Crippen LogP contribution is 2.51. The van der Waals surface area contributed by atoms with Crippen LogP contribution in [0.3, 0.4) is 0 Å². The maximum absolute atomic E-state index is 13.7. The van der Waals surface area contributed by atoms with Gasteiger partial charge < -0.3 is 19.8 Å². The third-order valence-electron chi connectivity index (χ3n) is 5.18. The molecule has 0 radical (unpaired) electrons. The molecule has 9 heteroatoms. The van der Waals surface area contributed by atoms with Crippen LogP contribution >= 0.6 is 23.5 Å². The zero-order valence-electron chi connectivity index (χ0n) is 17.7. The third-order valence-corrected chi connectivity index (χ3v) is 7.57. The standard InChI is InChI=1S/C24H19N3O4S2/c1-26-19-13-18(31-2)10-11-20(19)32-23(26)21-22(30)27(15-6-8-16(28)9-7-15)24(33-21)25-14-4-3-5-17(29)12-14/h3-13,28-29H,1-2H3. The Morgan fingerprint density at radius 1 is 0.939 bits per heavy atom. The Morgan fingerprint density at radius 2 is 1.73 bits per heavy atom. The first kappa shape index (κ1) is 21.3. The number of aliphatic imine (C=N–C) groups is 1. The summed E-state index contributed by atoms with van der Waals surface area (Å²) in [4.78, 5) is 23.4. The van der Waals surface area contributed by atoms with Gasteiger partial charge in [0.2, 0.25) is 0 Å². The van der Waals surface area contributed by atoms with Gasteiger partial charge in [0.15, 0.2) is 5.17 Å². The van der Waals surface area contributed by atoms with Crippen molar-refractivity contribution in [3.05, 3.63) is 76.7 Å². The lowest BCUT2D eigenvalue weighted by Gasteiger charge is -2.17. The Balaban J connectivity index is 1.60. The van der Waals surface area contributed by atoms with Crippen LogP contribution in [0.1, 0.15) is 0 Å². The van der Waals surface area contributed by atoms with Crippen molar-refractivity contribution < 1.29 is 19.7 Å². The fourth-order valence-electron chi connectivity index (χ4n) is 3.53. The van der Waals surface area contributed by atoms with E-state index < -0.39 is 0 Å². The quantitative estimate of drug-likeness (QED) is 0.496. The molecule has 33 heavy (non-hydrogen) atoms. The molecule has 2 heterocycles. The highest BCUT2D eigenvalue weighted by molar-refractivity contribution is 8.20. The SMILES string of the molecule is COc1ccc2c(c1)N(C)C(=C1SC(=Nc3cccc(O)c3)N(c3ccc(O)cc3)C1=O)S2. The number of ether oxygens (including phenoxy) is 1. The van der Waals surface area contributed by atoms with Crippen LogP contribution in [0.5, 0.6) is 17.2 Å². The summed E-state index contributed by atoms with van der Waals surface area (Å²) in [6.45, 7) is 0. The average molecular weight is 478 g/mol. The van der Waals surface area contributed by atoms with Gasteiger partial charge in [-0.05, 0) is 60.3 Å². The molecule has 0 spiro atoms. The second-order valence-corrected chi connectivity index (χ2v) is 9.31. The summed E-state index contributed by atoms with van der Waals surface area (Å²) in [7, 11) is 3.54. The fourth-order valence-corrected chi connectivity index (χ4v) is 5.86.